The largest absolute Gasteiger partial charge is 0.271 e. The Labute approximate surface area is 118 Å². The zero-order valence-electron chi connectivity index (χ0n) is 11.2. The molecule has 0 saturated carbocycles. The molecule has 100 valence electrons. The molecule has 0 fully saturated rings. The van der Waals surface area contributed by atoms with E-state index in [9.17, 15) is 0 Å². The van der Waals surface area contributed by atoms with Gasteiger partial charge in [0.15, 0.2) is 0 Å². The molecule has 0 bridgehead atoms. The van der Waals surface area contributed by atoms with E-state index in [1.165, 1.54) is 33.7 Å². The quantitative estimate of drug-likeness (QED) is 0.664. The molecule has 2 atom stereocenters. The van der Waals surface area contributed by atoms with Crippen LogP contribution in [0, 0.1) is 12.8 Å². The molecule has 3 heteroatoms. The van der Waals surface area contributed by atoms with E-state index in [-0.39, 0.29) is 6.04 Å². The van der Waals surface area contributed by atoms with Crippen molar-refractivity contribution in [3.8, 4) is 0 Å². The van der Waals surface area contributed by atoms with Crippen LogP contribution in [0.25, 0.3) is 0 Å². The van der Waals surface area contributed by atoms with Gasteiger partial charge in [-0.3, -0.25) is 11.3 Å². The Morgan fingerprint density at radius 3 is 2.68 bits per heavy atom. The fourth-order valence-corrected chi connectivity index (χ4v) is 4.11. The van der Waals surface area contributed by atoms with Gasteiger partial charge in [-0.25, -0.2) is 0 Å². The van der Waals surface area contributed by atoms with E-state index in [2.05, 4.69) is 48.7 Å². The molecular weight excluding hydrogens is 252 g/mol. The summed E-state index contributed by atoms with van der Waals surface area (Å²) in [5.41, 5.74) is 6.05. The molecule has 2 aromatic rings. The Morgan fingerprint density at radius 1 is 1.21 bits per heavy atom. The highest BCUT2D eigenvalue weighted by atomic mass is 32.1. The summed E-state index contributed by atoms with van der Waals surface area (Å²) >= 11 is 1.85. The lowest BCUT2D eigenvalue weighted by molar-refractivity contribution is 0.333. The zero-order chi connectivity index (χ0) is 13.2. The average Bonchev–Trinajstić information content (AvgIpc) is 2.86. The second-order valence-corrected chi connectivity index (χ2v) is 6.68. The summed E-state index contributed by atoms with van der Waals surface area (Å²) in [4.78, 5) is 2.72. The fourth-order valence-electron chi connectivity index (χ4n) is 3.08. The standard InChI is InChI=1S/C16H20N2S/c1-11-6-9-15(19-11)16(18-17)14-8-7-12-4-2-3-5-13(12)10-14/h2-6,9,14,16,18H,7-8,10,17H2,1H3. The monoisotopic (exact) mass is 272 g/mol. The van der Waals surface area contributed by atoms with Gasteiger partial charge < -0.3 is 0 Å². The van der Waals surface area contributed by atoms with Crippen LogP contribution in [0.3, 0.4) is 0 Å². The maximum Gasteiger partial charge on any atom is 0.0584 e. The number of thiophene rings is 1. The molecule has 1 heterocycles. The highest BCUT2D eigenvalue weighted by Gasteiger charge is 2.27. The molecule has 0 spiro atoms. The molecule has 0 saturated heterocycles. The third-order valence-corrected chi connectivity index (χ3v) is 5.19. The van der Waals surface area contributed by atoms with Crippen LogP contribution in [0.15, 0.2) is 36.4 Å². The van der Waals surface area contributed by atoms with Gasteiger partial charge in [0.25, 0.3) is 0 Å². The summed E-state index contributed by atoms with van der Waals surface area (Å²) in [7, 11) is 0. The van der Waals surface area contributed by atoms with E-state index in [1.54, 1.807) is 0 Å². The summed E-state index contributed by atoms with van der Waals surface area (Å²) in [6.07, 6.45) is 3.51. The first-order valence-electron chi connectivity index (χ1n) is 6.87. The van der Waals surface area contributed by atoms with Crippen molar-refractivity contribution in [1.82, 2.24) is 5.43 Å². The van der Waals surface area contributed by atoms with Crippen molar-refractivity contribution in [2.45, 2.75) is 32.2 Å². The number of nitrogens with two attached hydrogens (primary N) is 1. The lowest BCUT2D eigenvalue weighted by Gasteiger charge is -2.30. The number of benzene rings is 1. The number of aryl methyl sites for hydroxylation is 2. The highest BCUT2D eigenvalue weighted by molar-refractivity contribution is 7.12. The van der Waals surface area contributed by atoms with Crippen LogP contribution in [-0.4, -0.2) is 0 Å². The van der Waals surface area contributed by atoms with Crippen molar-refractivity contribution in [3.05, 3.63) is 57.3 Å². The first-order valence-corrected chi connectivity index (χ1v) is 7.69. The average molecular weight is 272 g/mol. The van der Waals surface area contributed by atoms with Crippen LogP contribution < -0.4 is 11.3 Å². The summed E-state index contributed by atoms with van der Waals surface area (Å²) < 4.78 is 0. The van der Waals surface area contributed by atoms with Gasteiger partial charge in [0, 0.05) is 9.75 Å². The maximum atomic E-state index is 5.82. The molecule has 1 aromatic heterocycles. The van der Waals surface area contributed by atoms with Gasteiger partial charge >= 0.3 is 0 Å². The molecule has 1 aliphatic carbocycles. The van der Waals surface area contributed by atoms with Gasteiger partial charge in [-0.2, -0.15) is 0 Å². The molecule has 19 heavy (non-hydrogen) atoms. The molecule has 2 unspecified atom stereocenters. The summed E-state index contributed by atoms with van der Waals surface area (Å²) in [5.74, 6) is 6.42. The van der Waals surface area contributed by atoms with Crippen LogP contribution in [-0.2, 0) is 12.8 Å². The van der Waals surface area contributed by atoms with Crippen LogP contribution in [0.5, 0.6) is 0 Å². The second kappa shape index (κ2) is 5.45. The third-order valence-electron chi connectivity index (χ3n) is 4.10. The van der Waals surface area contributed by atoms with E-state index < -0.39 is 0 Å². The molecular formula is C16H20N2S. The van der Waals surface area contributed by atoms with Gasteiger partial charge in [-0.15, -0.1) is 11.3 Å². The maximum absolute atomic E-state index is 5.82. The van der Waals surface area contributed by atoms with Gasteiger partial charge in [0.1, 0.15) is 0 Å². The van der Waals surface area contributed by atoms with E-state index in [0.29, 0.717) is 5.92 Å². The number of hydrazine groups is 1. The Hall–Kier alpha value is -1.16. The molecule has 0 radical (unpaired) electrons. The van der Waals surface area contributed by atoms with Crippen molar-refractivity contribution in [3.63, 3.8) is 0 Å². The number of rotatable bonds is 3. The number of fused-ring (bicyclic) bond motifs is 1. The molecule has 1 aromatic carbocycles. The minimum atomic E-state index is 0.284. The molecule has 2 nitrogen and oxygen atoms in total. The first kappa shape index (κ1) is 12.9. The summed E-state index contributed by atoms with van der Waals surface area (Å²) in [6, 6.07) is 13.5. The van der Waals surface area contributed by atoms with Crippen LogP contribution in [0.1, 0.15) is 33.3 Å². The minimum absolute atomic E-state index is 0.284. The van der Waals surface area contributed by atoms with Crippen molar-refractivity contribution in [2.75, 3.05) is 0 Å². The van der Waals surface area contributed by atoms with E-state index in [4.69, 9.17) is 5.84 Å². The van der Waals surface area contributed by atoms with Gasteiger partial charge in [-0.1, -0.05) is 24.3 Å². The highest BCUT2D eigenvalue weighted by Crippen LogP contribution is 2.36. The van der Waals surface area contributed by atoms with Crippen LogP contribution >= 0.6 is 11.3 Å². The van der Waals surface area contributed by atoms with Crippen molar-refractivity contribution < 1.29 is 0 Å². The van der Waals surface area contributed by atoms with Gasteiger partial charge in [-0.05, 0) is 55.4 Å². The van der Waals surface area contributed by atoms with Gasteiger partial charge in [0.2, 0.25) is 0 Å². The normalized spacial score (nSPS) is 20.0. The minimum Gasteiger partial charge on any atom is -0.271 e. The Morgan fingerprint density at radius 2 is 2.00 bits per heavy atom. The van der Waals surface area contributed by atoms with Crippen LogP contribution in [0.2, 0.25) is 0 Å². The van der Waals surface area contributed by atoms with Crippen molar-refractivity contribution in [1.29, 1.82) is 0 Å². The fraction of sp³-hybridized carbons (Fsp3) is 0.375. The number of nitrogens with one attached hydrogen (secondary N) is 1. The molecule has 3 rings (SSSR count). The summed E-state index contributed by atoms with van der Waals surface area (Å²) in [6.45, 7) is 2.15. The van der Waals surface area contributed by atoms with Crippen molar-refractivity contribution in [2.24, 2.45) is 11.8 Å². The van der Waals surface area contributed by atoms with Crippen molar-refractivity contribution >= 4 is 11.3 Å². The predicted octanol–water partition coefficient (Wildman–Crippen LogP) is 3.37. The Bertz CT molecular complexity index is 561. The van der Waals surface area contributed by atoms with E-state index >= 15 is 0 Å². The predicted molar refractivity (Wildman–Crippen MR) is 81.1 cm³/mol. The Balaban J connectivity index is 1.83. The lowest BCUT2D eigenvalue weighted by atomic mass is 9.80. The summed E-state index contributed by atoms with van der Waals surface area (Å²) in [5, 5.41) is 0. The number of hydrogen-bond acceptors (Lipinski definition) is 3. The SMILES string of the molecule is Cc1ccc(C(NN)C2CCc3ccccc3C2)s1. The van der Waals surface area contributed by atoms with Gasteiger partial charge in [0.05, 0.1) is 6.04 Å². The van der Waals surface area contributed by atoms with Crippen LogP contribution in [0.4, 0.5) is 0 Å². The first-order chi connectivity index (χ1) is 9.28. The van der Waals surface area contributed by atoms with E-state index in [1.807, 2.05) is 11.3 Å². The lowest BCUT2D eigenvalue weighted by Crippen LogP contribution is -2.35. The second-order valence-electron chi connectivity index (χ2n) is 5.36. The Kier molecular flexibility index (Phi) is 3.69. The zero-order valence-corrected chi connectivity index (χ0v) is 12.0. The van der Waals surface area contributed by atoms with E-state index in [0.717, 1.165) is 6.42 Å². The molecule has 3 N–H and O–H groups in total. The molecule has 0 aliphatic heterocycles. The molecule has 0 amide bonds. The smallest absolute Gasteiger partial charge is 0.0584 e. The number of hydrogen-bond donors (Lipinski definition) is 2. The molecule has 1 aliphatic rings. The third kappa shape index (κ3) is 2.59. The topological polar surface area (TPSA) is 38.0 Å².